The van der Waals surface area contributed by atoms with Crippen molar-refractivity contribution < 1.29 is 4.79 Å². The van der Waals surface area contributed by atoms with E-state index in [1.807, 2.05) is 0 Å². The van der Waals surface area contributed by atoms with Crippen LogP contribution in [-0.4, -0.2) is 24.0 Å². The minimum absolute atomic E-state index is 0.0946. The zero-order valence-corrected chi connectivity index (χ0v) is 11.8. The summed E-state index contributed by atoms with van der Waals surface area (Å²) in [6.07, 6.45) is 5.80. The Morgan fingerprint density at radius 3 is 2.41 bits per heavy atom. The minimum Gasteiger partial charge on any atom is -0.353 e. The van der Waals surface area contributed by atoms with Gasteiger partial charge in [-0.05, 0) is 46.5 Å². The Hall–Kier alpha value is -0.570. The Morgan fingerprint density at radius 2 is 1.88 bits per heavy atom. The molecular weight excluding hydrogens is 212 g/mol. The quantitative estimate of drug-likeness (QED) is 0.775. The van der Waals surface area contributed by atoms with Crippen molar-refractivity contribution in [3.05, 3.63) is 0 Å². The van der Waals surface area contributed by atoms with Crippen LogP contribution in [0.4, 0.5) is 0 Å². The van der Waals surface area contributed by atoms with Gasteiger partial charge in [0.1, 0.15) is 0 Å². The van der Waals surface area contributed by atoms with Crippen molar-refractivity contribution in [2.75, 3.05) is 6.54 Å². The van der Waals surface area contributed by atoms with E-state index in [4.69, 9.17) is 0 Å². The molecule has 0 saturated heterocycles. The van der Waals surface area contributed by atoms with Gasteiger partial charge in [-0.1, -0.05) is 12.8 Å². The standard InChI is InChI=1S/C14H28N2O/c1-11(12-7-5-6-8-12)16-13(17)9-10-15-14(2,3)4/h11-12,15H,5-10H2,1-4H3,(H,16,17)/t11-/m1/s1. The molecule has 0 spiro atoms. The summed E-state index contributed by atoms with van der Waals surface area (Å²) in [5.41, 5.74) is 0.0946. The van der Waals surface area contributed by atoms with E-state index in [9.17, 15) is 4.79 Å². The third-order valence-electron chi connectivity index (χ3n) is 3.50. The van der Waals surface area contributed by atoms with Crippen LogP contribution in [0.2, 0.25) is 0 Å². The van der Waals surface area contributed by atoms with Crippen molar-refractivity contribution in [2.24, 2.45) is 5.92 Å². The number of hydrogen-bond donors (Lipinski definition) is 2. The number of carbonyl (C=O) groups excluding carboxylic acids is 1. The van der Waals surface area contributed by atoms with Crippen LogP contribution in [0.5, 0.6) is 0 Å². The predicted molar refractivity (Wildman–Crippen MR) is 71.9 cm³/mol. The van der Waals surface area contributed by atoms with Gasteiger partial charge < -0.3 is 10.6 Å². The SMILES string of the molecule is C[C@@H](NC(=O)CCNC(C)(C)C)C1CCCC1. The molecule has 0 heterocycles. The molecular formula is C14H28N2O. The zero-order valence-electron chi connectivity index (χ0n) is 11.8. The summed E-state index contributed by atoms with van der Waals surface area (Å²) >= 11 is 0. The smallest absolute Gasteiger partial charge is 0.221 e. The Morgan fingerprint density at radius 1 is 1.29 bits per heavy atom. The van der Waals surface area contributed by atoms with Crippen molar-refractivity contribution in [3.8, 4) is 0 Å². The summed E-state index contributed by atoms with van der Waals surface area (Å²) in [7, 11) is 0. The second-order valence-electron chi connectivity index (χ2n) is 6.33. The average molecular weight is 240 g/mol. The van der Waals surface area contributed by atoms with Crippen LogP contribution in [0.3, 0.4) is 0 Å². The first-order valence-corrected chi connectivity index (χ1v) is 6.93. The third kappa shape index (κ3) is 6.06. The van der Waals surface area contributed by atoms with Crippen LogP contribution in [0.25, 0.3) is 0 Å². The van der Waals surface area contributed by atoms with Crippen LogP contribution in [0.15, 0.2) is 0 Å². The summed E-state index contributed by atoms with van der Waals surface area (Å²) in [5, 5.41) is 6.46. The maximum absolute atomic E-state index is 11.7. The third-order valence-corrected chi connectivity index (χ3v) is 3.50. The molecule has 2 N–H and O–H groups in total. The normalized spacial score (nSPS) is 19.3. The molecule has 0 aromatic rings. The van der Waals surface area contributed by atoms with E-state index in [0.717, 1.165) is 6.54 Å². The first-order valence-electron chi connectivity index (χ1n) is 6.93. The summed E-state index contributed by atoms with van der Waals surface area (Å²) in [6, 6.07) is 0.347. The minimum atomic E-state index is 0.0946. The summed E-state index contributed by atoms with van der Waals surface area (Å²) < 4.78 is 0. The van der Waals surface area contributed by atoms with Gasteiger partial charge in [0.2, 0.25) is 5.91 Å². The average Bonchev–Trinajstić information content (AvgIpc) is 2.67. The van der Waals surface area contributed by atoms with Crippen LogP contribution in [0, 0.1) is 5.92 Å². The van der Waals surface area contributed by atoms with E-state index in [0.29, 0.717) is 18.4 Å². The molecule has 0 aromatic heterocycles. The second-order valence-corrected chi connectivity index (χ2v) is 6.33. The van der Waals surface area contributed by atoms with Gasteiger partial charge >= 0.3 is 0 Å². The van der Waals surface area contributed by atoms with Gasteiger partial charge in [-0.15, -0.1) is 0 Å². The van der Waals surface area contributed by atoms with Gasteiger partial charge in [0, 0.05) is 24.5 Å². The zero-order chi connectivity index (χ0) is 12.9. The van der Waals surface area contributed by atoms with Crippen LogP contribution >= 0.6 is 0 Å². The number of amides is 1. The molecule has 3 nitrogen and oxygen atoms in total. The first-order chi connectivity index (χ1) is 7.88. The molecule has 0 aromatic carbocycles. The second kappa shape index (κ2) is 6.39. The van der Waals surface area contributed by atoms with E-state index < -0.39 is 0 Å². The number of carbonyl (C=O) groups is 1. The van der Waals surface area contributed by atoms with Gasteiger partial charge in [0.25, 0.3) is 0 Å². The van der Waals surface area contributed by atoms with Gasteiger partial charge in [0.15, 0.2) is 0 Å². The molecule has 0 radical (unpaired) electrons. The van der Waals surface area contributed by atoms with Crippen molar-refractivity contribution in [2.45, 2.75) is 71.4 Å². The maximum atomic E-state index is 11.7. The highest BCUT2D eigenvalue weighted by atomic mass is 16.1. The van der Waals surface area contributed by atoms with Gasteiger partial charge in [-0.3, -0.25) is 4.79 Å². The highest BCUT2D eigenvalue weighted by Gasteiger charge is 2.22. The summed E-state index contributed by atoms with van der Waals surface area (Å²) in [4.78, 5) is 11.7. The summed E-state index contributed by atoms with van der Waals surface area (Å²) in [5.74, 6) is 0.885. The molecule has 1 fully saturated rings. The van der Waals surface area contributed by atoms with E-state index in [2.05, 4.69) is 38.3 Å². The molecule has 1 aliphatic rings. The lowest BCUT2D eigenvalue weighted by atomic mass is 10.00. The fourth-order valence-corrected chi connectivity index (χ4v) is 2.45. The Kier molecular flexibility index (Phi) is 5.44. The van der Waals surface area contributed by atoms with E-state index in [1.165, 1.54) is 25.7 Å². The monoisotopic (exact) mass is 240 g/mol. The molecule has 0 unspecified atom stereocenters. The largest absolute Gasteiger partial charge is 0.353 e. The van der Waals surface area contributed by atoms with Crippen molar-refractivity contribution in [3.63, 3.8) is 0 Å². The number of rotatable bonds is 5. The Labute approximate surface area is 106 Å². The van der Waals surface area contributed by atoms with E-state index >= 15 is 0 Å². The van der Waals surface area contributed by atoms with Gasteiger partial charge in [-0.25, -0.2) is 0 Å². The molecule has 1 atom stereocenters. The lowest BCUT2D eigenvalue weighted by molar-refractivity contribution is -0.122. The predicted octanol–water partition coefficient (Wildman–Crippen LogP) is 2.46. The van der Waals surface area contributed by atoms with Gasteiger partial charge in [0.05, 0.1) is 0 Å². The molecule has 17 heavy (non-hydrogen) atoms. The lowest BCUT2D eigenvalue weighted by Crippen LogP contribution is -2.41. The molecule has 1 amide bonds. The fraction of sp³-hybridized carbons (Fsp3) is 0.929. The van der Waals surface area contributed by atoms with E-state index in [-0.39, 0.29) is 11.4 Å². The van der Waals surface area contributed by atoms with Crippen LogP contribution in [0.1, 0.15) is 59.8 Å². The molecule has 100 valence electrons. The van der Waals surface area contributed by atoms with Gasteiger partial charge in [-0.2, -0.15) is 0 Å². The molecule has 0 bridgehead atoms. The Bertz CT molecular complexity index is 239. The Balaban J connectivity index is 2.15. The highest BCUT2D eigenvalue weighted by molar-refractivity contribution is 5.76. The topological polar surface area (TPSA) is 41.1 Å². The highest BCUT2D eigenvalue weighted by Crippen LogP contribution is 2.27. The van der Waals surface area contributed by atoms with Crippen LogP contribution < -0.4 is 10.6 Å². The molecule has 1 saturated carbocycles. The molecule has 3 heteroatoms. The van der Waals surface area contributed by atoms with Crippen molar-refractivity contribution in [1.29, 1.82) is 0 Å². The molecule has 1 aliphatic carbocycles. The van der Waals surface area contributed by atoms with E-state index in [1.54, 1.807) is 0 Å². The molecule has 1 rings (SSSR count). The maximum Gasteiger partial charge on any atom is 0.221 e. The number of nitrogens with one attached hydrogen (secondary N) is 2. The summed E-state index contributed by atoms with van der Waals surface area (Å²) in [6.45, 7) is 9.25. The lowest BCUT2D eigenvalue weighted by Gasteiger charge is -2.22. The fourth-order valence-electron chi connectivity index (χ4n) is 2.45. The first kappa shape index (κ1) is 14.5. The molecule has 0 aliphatic heterocycles. The van der Waals surface area contributed by atoms with Crippen molar-refractivity contribution in [1.82, 2.24) is 10.6 Å². The number of hydrogen-bond acceptors (Lipinski definition) is 2. The van der Waals surface area contributed by atoms with Crippen molar-refractivity contribution >= 4 is 5.91 Å². The van der Waals surface area contributed by atoms with Crippen LogP contribution in [-0.2, 0) is 4.79 Å².